The Morgan fingerprint density at radius 3 is 2.81 bits per heavy atom. The molecule has 0 bridgehead atoms. The third-order valence-electron chi connectivity index (χ3n) is 4.76. The highest BCUT2D eigenvalue weighted by Gasteiger charge is 2.15. The molecule has 0 atom stereocenters. The number of nitrogens with zero attached hydrogens (tertiary/aromatic N) is 1. The van der Waals surface area contributed by atoms with E-state index in [9.17, 15) is 9.59 Å². The smallest absolute Gasteiger partial charge is 0.251 e. The van der Waals surface area contributed by atoms with Crippen molar-refractivity contribution in [3.8, 4) is 0 Å². The second kappa shape index (κ2) is 6.55. The first kappa shape index (κ1) is 16.2. The number of nitrogens with one attached hydrogen (secondary N) is 3. The minimum Gasteiger partial charge on any atom is -0.376 e. The van der Waals surface area contributed by atoms with Crippen molar-refractivity contribution in [3.05, 3.63) is 65.4 Å². The maximum absolute atomic E-state index is 12.6. The van der Waals surface area contributed by atoms with Crippen molar-refractivity contribution < 1.29 is 9.59 Å². The van der Waals surface area contributed by atoms with E-state index in [4.69, 9.17) is 0 Å². The number of carbonyl (C=O) groups excluding carboxylic acids is 2. The van der Waals surface area contributed by atoms with Crippen LogP contribution in [0.2, 0.25) is 0 Å². The van der Waals surface area contributed by atoms with Gasteiger partial charge in [0.15, 0.2) is 0 Å². The molecule has 0 aliphatic carbocycles. The van der Waals surface area contributed by atoms with Gasteiger partial charge in [0.05, 0.1) is 13.1 Å². The highest BCUT2D eigenvalue weighted by Crippen LogP contribution is 2.20. The summed E-state index contributed by atoms with van der Waals surface area (Å²) >= 11 is 0. The normalized spacial score (nSPS) is 13.5. The molecular weight excluding hydrogens is 328 g/mol. The van der Waals surface area contributed by atoms with Crippen LogP contribution in [-0.4, -0.2) is 22.9 Å². The monoisotopic (exact) mass is 348 g/mol. The Kier molecular flexibility index (Phi) is 4.08. The Labute approximate surface area is 151 Å². The van der Waals surface area contributed by atoms with Crippen molar-refractivity contribution in [1.82, 2.24) is 15.2 Å². The van der Waals surface area contributed by atoms with Gasteiger partial charge in [-0.15, -0.1) is 0 Å². The molecule has 1 aromatic heterocycles. The molecule has 26 heavy (non-hydrogen) atoms. The fourth-order valence-corrected chi connectivity index (χ4v) is 3.27. The average Bonchev–Trinajstić information content (AvgIpc) is 2.86. The van der Waals surface area contributed by atoms with Gasteiger partial charge in [-0.2, -0.15) is 0 Å². The largest absolute Gasteiger partial charge is 0.376 e. The molecule has 6 heteroatoms. The molecule has 3 N–H and O–H groups in total. The molecule has 3 aromatic rings. The lowest BCUT2D eigenvalue weighted by Crippen LogP contribution is -2.26. The molecule has 1 aliphatic heterocycles. The van der Waals surface area contributed by atoms with E-state index >= 15 is 0 Å². The summed E-state index contributed by atoms with van der Waals surface area (Å²) in [7, 11) is 2.00. The summed E-state index contributed by atoms with van der Waals surface area (Å²) < 4.78 is 2.09. The summed E-state index contributed by atoms with van der Waals surface area (Å²) in [5.74, 6) is -0.184. The molecule has 0 spiro atoms. The Morgan fingerprint density at radius 1 is 1.12 bits per heavy atom. The zero-order chi connectivity index (χ0) is 18.1. The number of amides is 2. The minimum absolute atomic E-state index is 0.0528. The third kappa shape index (κ3) is 3.01. The van der Waals surface area contributed by atoms with Gasteiger partial charge in [-0.05, 0) is 41.3 Å². The van der Waals surface area contributed by atoms with Crippen LogP contribution in [0.3, 0.4) is 0 Å². The number of fused-ring (bicyclic) bond motifs is 2. The van der Waals surface area contributed by atoms with Gasteiger partial charge in [0.25, 0.3) is 5.91 Å². The lowest BCUT2D eigenvalue weighted by Gasteiger charge is -2.10. The topological polar surface area (TPSA) is 75.2 Å². The van der Waals surface area contributed by atoms with Crippen molar-refractivity contribution in [2.24, 2.45) is 7.05 Å². The van der Waals surface area contributed by atoms with Crippen molar-refractivity contribution in [1.29, 1.82) is 0 Å². The molecule has 2 aromatic carbocycles. The summed E-state index contributed by atoms with van der Waals surface area (Å²) in [6.45, 7) is 1.13. The number of aromatic nitrogens is 1. The second-order valence-corrected chi connectivity index (χ2v) is 6.44. The van der Waals surface area contributed by atoms with E-state index in [0.29, 0.717) is 18.7 Å². The number of carbonyl (C=O) groups is 2. The molecule has 0 unspecified atom stereocenters. The SMILES string of the molecule is Cn1c(CNC(=O)c2ccc3c(c2)CNC(=O)CN3)cc2ccccc21. The average molecular weight is 348 g/mol. The van der Waals surface area contributed by atoms with Crippen LogP contribution in [0.15, 0.2) is 48.5 Å². The van der Waals surface area contributed by atoms with E-state index in [1.165, 1.54) is 0 Å². The fourth-order valence-electron chi connectivity index (χ4n) is 3.27. The predicted molar refractivity (Wildman–Crippen MR) is 101 cm³/mol. The van der Waals surface area contributed by atoms with Crippen molar-refractivity contribution in [2.45, 2.75) is 13.1 Å². The zero-order valence-electron chi connectivity index (χ0n) is 14.5. The van der Waals surface area contributed by atoms with Crippen LogP contribution in [0.4, 0.5) is 5.69 Å². The molecule has 132 valence electrons. The lowest BCUT2D eigenvalue weighted by atomic mass is 10.1. The van der Waals surface area contributed by atoms with Crippen molar-refractivity contribution >= 4 is 28.4 Å². The number of para-hydroxylation sites is 1. The summed E-state index contributed by atoms with van der Waals surface area (Å²) in [4.78, 5) is 24.0. The molecule has 0 fully saturated rings. The Balaban J connectivity index is 1.50. The van der Waals surface area contributed by atoms with Crippen LogP contribution in [0.1, 0.15) is 21.6 Å². The molecular formula is C20H20N4O2. The standard InChI is InChI=1S/C20H20N4O2/c1-24-16(9-13-4-2-3-5-18(13)24)11-23-20(26)14-6-7-17-15(8-14)10-22-19(25)12-21-17/h2-9,21H,10-12H2,1H3,(H,22,25)(H,23,26). The van der Waals surface area contributed by atoms with Gasteiger partial charge in [0.1, 0.15) is 0 Å². The van der Waals surface area contributed by atoms with E-state index in [1.807, 2.05) is 31.3 Å². The Hall–Kier alpha value is -3.28. The summed E-state index contributed by atoms with van der Waals surface area (Å²) in [6, 6.07) is 15.7. The molecule has 0 saturated carbocycles. The number of rotatable bonds is 3. The molecule has 0 radical (unpaired) electrons. The number of hydrogen-bond donors (Lipinski definition) is 3. The van der Waals surface area contributed by atoms with E-state index in [2.05, 4.69) is 38.7 Å². The van der Waals surface area contributed by atoms with E-state index in [1.54, 1.807) is 6.07 Å². The van der Waals surface area contributed by atoms with Crippen molar-refractivity contribution in [3.63, 3.8) is 0 Å². The maximum atomic E-state index is 12.6. The Bertz CT molecular complexity index is 1010. The van der Waals surface area contributed by atoms with Crippen LogP contribution in [0.25, 0.3) is 10.9 Å². The van der Waals surface area contributed by atoms with Crippen LogP contribution in [0, 0.1) is 0 Å². The van der Waals surface area contributed by atoms with E-state index in [0.717, 1.165) is 27.8 Å². The van der Waals surface area contributed by atoms with E-state index in [-0.39, 0.29) is 18.4 Å². The quantitative estimate of drug-likeness (QED) is 0.679. The molecule has 0 saturated heterocycles. The highest BCUT2D eigenvalue weighted by molar-refractivity contribution is 5.95. The van der Waals surface area contributed by atoms with Crippen LogP contribution in [-0.2, 0) is 24.9 Å². The number of hydrogen-bond acceptors (Lipinski definition) is 3. The van der Waals surface area contributed by atoms with Crippen molar-refractivity contribution in [2.75, 3.05) is 11.9 Å². The molecule has 2 amide bonds. The van der Waals surface area contributed by atoms with Gasteiger partial charge in [-0.3, -0.25) is 9.59 Å². The third-order valence-corrected chi connectivity index (χ3v) is 4.76. The van der Waals surface area contributed by atoms with Gasteiger partial charge in [-0.1, -0.05) is 18.2 Å². The first-order valence-electron chi connectivity index (χ1n) is 8.57. The van der Waals surface area contributed by atoms with Gasteiger partial charge >= 0.3 is 0 Å². The molecule has 1 aliphatic rings. The predicted octanol–water partition coefficient (Wildman–Crippen LogP) is 2.15. The zero-order valence-corrected chi connectivity index (χ0v) is 14.5. The number of anilines is 1. The maximum Gasteiger partial charge on any atom is 0.251 e. The number of aryl methyl sites for hydroxylation is 1. The van der Waals surface area contributed by atoms with Gasteiger partial charge < -0.3 is 20.5 Å². The van der Waals surface area contributed by atoms with Crippen LogP contribution >= 0.6 is 0 Å². The van der Waals surface area contributed by atoms with Crippen LogP contribution in [0.5, 0.6) is 0 Å². The van der Waals surface area contributed by atoms with Crippen LogP contribution < -0.4 is 16.0 Å². The highest BCUT2D eigenvalue weighted by atomic mass is 16.2. The summed E-state index contributed by atoms with van der Waals surface area (Å²) in [6.07, 6.45) is 0. The number of benzene rings is 2. The first-order valence-corrected chi connectivity index (χ1v) is 8.57. The summed E-state index contributed by atoms with van der Waals surface area (Å²) in [5.41, 5.74) is 4.56. The van der Waals surface area contributed by atoms with Gasteiger partial charge in [0.2, 0.25) is 5.91 Å². The molecule has 4 rings (SSSR count). The molecule has 2 heterocycles. The lowest BCUT2D eigenvalue weighted by molar-refractivity contribution is -0.119. The van der Waals surface area contributed by atoms with Gasteiger partial charge in [-0.25, -0.2) is 0 Å². The Morgan fingerprint density at radius 2 is 1.96 bits per heavy atom. The van der Waals surface area contributed by atoms with Gasteiger partial charge in [0, 0.05) is 36.1 Å². The summed E-state index contributed by atoms with van der Waals surface area (Å²) in [5, 5.41) is 10.0. The molecule has 6 nitrogen and oxygen atoms in total. The fraction of sp³-hybridized carbons (Fsp3) is 0.200. The first-order chi connectivity index (χ1) is 12.6. The van der Waals surface area contributed by atoms with E-state index < -0.39 is 0 Å². The minimum atomic E-state index is -0.131. The second-order valence-electron chi connectivity index (χ2n) is 6.44.